The van der Waals surface area contributed by atoms with Gasteiger partial charge in [0.1, 0.15) is 5.15 Å². The van der Waals surface area contributed by atoms with Crippen molar-refractivity contribution in [3.8, 4) is 11.3 Å². The zero-order chi connectivity index (χ0) is 12.4. The first-order chi connectivity index (χ1) is 8.08. The fourth-order valence-corrected chi connectivity index (χ4v) is 1.59. The number of hydrogen-bond donors (Lipinski definition) is 0. The van der Waals surface area contributed by atoms with Crippen LogP contribution in [0.15, 0.2) is 30.5 Å². The Bertz CT molecular complexity index is 543. The quantitative estimate of drug-likeness (QED) is 0.769. The van der Waals surface area contributed by atoms with E-state index in [4.69, 9.17) is 11.6 Å². The molecule has 88 valence electrons. The maximum atomic E-state index is 13.6. The minimum atomic E-state index is -0.610. The molecule has 0 aromatic carbocycles. The maximum Gasteiger partial charge on any atom is 0.223 e. The van der Waals surface area contributed by atoms with E-state index in [-0.39, 0.29) is 5.15 Å². The van der Waals surface area contributed by atoms with Crippen molar-refractivity contribution in [1.82, 2.24) is 9.97 Å². The topological polar surface area (TPSA) is 29.0 Å². The van der Waals surface area contributed by atoms with E-state index < -0.39 is 5.95 Å². The highest BCUT2D eigenvalue weighted by Crippen LogP contribution is 2.24. The number of rotatable bonds is 2. The first-order valence-electron chi connectivity index (χ1n) is 5.04. The van der Waals surface area contributed by atoms with Crippen molar-refractivity contribution in [1.29, 1.82) is 0 Å². The van der Waals surface area contributed by atoms with Crippen molar-refractivity contribution in [3.63, 3.8) is 0 Å². The summed E-state index contributed by atoms with van der Waals surface area (Å²) in [6, 6.07) is 6.77. The highest BCUT2D eigenvalue weighted by atomic mass is 35.5. The summed E-state index contributed by atoms with van der Waals surface area (Å²) in [5.74, 6) is -0.610. The van der Waals surface area contributed by atoms with Gasteiger partial charge in [-0.2, -0.15) is 4.39 Å². The molecule has 2 aromatic heterocycles. The Morgan fingerprint density at radius 2 is 2.00 bits per heavy atom. The molecule has 0 spiro atoms. The molecule has 17 heavy (non-hydrogen) atoms. The summed E-state index contributed by atoms with van der Waals surface area (Å²) in [5, 5.41) is 0.134. The van der Waals surface area contributed by atoms with Crippen LogP contribution in [-0.4, -0.2) is 24.1 Å². The fourth-order valence-electron chi connectivity index (χ4n) is 1.45. The van der Waals surface area contributed by atoms with Crippen LogP contribution in [0.25, 0.3) is 11.3 Å². The fraction of sp³-hybridized carbons (Fsp3) is 0.167. The third kappa shape index (κ3) is 2.53. The first-order valence-corrected chi connectivity index (χ1v) is 5.41. The molecule has 0 N–H and O–H groups in total. The molecule has 0 saturated heterocycles. The third-order valence-electron chi connectivity index (χ3n) is 2.35. The van der Waals surface area contributed by atoms with Gasteiger partial charge in [0, 0.05) is 26.0 Å². The van der Waals surface area contributed by atoms with E-state index >= 15 is 0 Å². The van der Waals surface area contributed by atoms with E-state index in [2.05, 4.69) is 9.97 Å². The van der Waals surface area contributed by atoms with Crippen LogP contribution in [0, 0.1) is 5.95 Å². The van der Waals surface area contributed by atoms with Crippen molar-refractivity contribution >= 4 is 17.3 Å². The largest absolute Gasteiger partial charge is 0.378 e. The van der Waals surface area contributed by atoms with Crippen molar-refractivity contribution in [2.24, 2.45) is 0 Å². The van der Waals surface area contributed by atoms with Crippen molar-refractivity contribution in [3.05, 3.63) is 41.6 Å². The summed E-state index contributed by atoms with van der Waals surface area (Å²) in [6.07, 6.45) is 1.64. The molecule has 0 aliphatic heterocycles. The summed E-state index contributed by atoms with van der Waals surface area (Å²) in [4.78, 5) is 9.63. The van der Waals surface area contributed by atoms with E-state index in [0.29, 0.717) is 11.3 Å². The Balaban J connectivity index is 2.49. The van der Waals surface area contributed by atoms with Gasteiger partial charge in [-0.15, -0.1) is 0 Å². The molecule has 3 nitrogen and oxygen atoms in total. The number of nitrogens with zero attached hydrogens (tertiary/aromatic N) is 3. The average Bonchev–Trinajstić information content (AvgIpc) is 2.29. The van der Waals surface area contributed by atoms with E-state index in [1.807, 2.05) is 25.1 Å². The van der Waals surface area contributed by atoms with Crippen LogP contribution in [0.4, 0.5) is 10.1 Å². The SMILES string of the molecule is CN(C)c1ccnc(-c2ccc(Cl)nc2F)c1. The van der Waals surface area contributed by atoms with Crippen LogP contribution in [0.3, 0.4) is 0 Å². The molecule has 0 unspecified atom stereocenters. The summed E-state index contributed by atoms with van der Waals surface area (Å²) in [7, 11) is 3.82. The molecule has 0 amide bonds. The molecule has 0 aliphatic rings. The van der Waals surface area contributed by atoms with Crippen molar-refractivity contribution < 1.29 is 4.39 Å². The lowest BCUT2D eigenvalue weighted by Gasteiger charge is -2.13. The molecular formula is C12H11ClFN3. The van der Waals surface area contributed by atoms with Gasteiger partial charge in [-0.05, 0) is 24.3 Å². The third-order valence-corrected chi connectivity index (χ3v) is 2.56. The van der Waals surface area contributed by atoms with Gasteiger partial charge in [-0.25, -0.2) is 4.98 Å². The van der Waals surface area contributed by atoms with Gasteiger partial charge in [-0.1, -0.05) is 11.6 Å². The van der Waals surface area contributed by atoms with Crippen LogP contribution in [0.2, 0.25) is 5.15 Å². The normalized spacial score (nSPS) is 10.4. The lowest BCUT2D eigenvalue weighted by Crippen LogP contribution is -2.08. The molecule has 0 atom stereocenters. The molecular weight excluding hydrogens is 241 g/mol. The summed E-state index contributed by atoms with van der Waals surface area (Å²) in [6.45, 7) is 0. The van der Waals surface area contributed by atoms with Crippen LogP contribution >= 0.6 is 11.6 Å². The summed E-state index contributed by atoms with van der Waals surface area (Å²) >= 11 is 5.61. The Labute approximate surface area is 104 Å². The van der Waals surface area contributed by atoms with E-state index in [1.54, 1.807) is 24.4 Å². The first kappa shape index (κ1) is 11.8. The predicted octanol–water partition coefficient (Wildman–Crippen LogP) is 3.00. The van der Waals surface area contributed by atoms with Gasteiger partial charge in [0.2, 0.25) is 5.95 Å². The van der Waals surface area contributed by atoms with E-state index in [1.165, 1.54) is 0 Å². The number of pyridine rings is 2. The molecule has 5 heteroatoms. The highest BCUT2D eigenvalue weighted by Gasteiger charge is 2.09. The molecule has 0 bridgehead atoms. The average molecular weight is 252 g/mol. The Morgan fingerprint density at radius 3 is 2.65 bits per heavy atom. The standard InChI is InChI=1S/C12H11ClFN3/c1-17(2)8-5-6-15-10(7-8)9-3-4-11(13)16-12(9)14/h3-7H,1-2H3. The minimum absolute atomic E-state index is 0.134. The van der Waals surface area contributed by atoms with E-state index in [0.717, 1.165) is 5.69 Å². The zero-order valence-corrected chi connectivity index (χ0v) is 10.2. The lowest BCUT2D eigenvalue weighted by molar-refractivity contribution is 0.587. The second-order valence-corrected chi connectivity index (χ2v) is 4.15. The van der Waals surface area contributed by atoms with Gasteiger partial charge in [0.15, 0.2) is 0 Å². The monoisotopic (exact) mass is 251 g/mol. The second kappa shape index (κ2) is 4.67. The number of halogens is 2. The van der Waals surface area contributed by atoms with Gasteiger partial charge in [0.25, 0.3) is 0 Å². The molecule has 0 saturated carbocycles. The lowest BCUT2D eigenvalue weighted by atomic mass is 10.1. The maximum absolute atomic E-state index is 13.6. The summed E-state index contributed by atoms with van der Waals surface area (Å²) in [5.41, 5.74) is 1.83. The summed E-state index contributed by atoms with van der Waals surface area (Å²) < 4.78 is 13.6. The number of anilines is 1. The van der Waals surface area contributed by atoms with Crippen LogP contribution in [0.5, 0.6) is 0 Å². The molecule has 0 fully saturated rings. The molecule has 0 radical (unpaired) electrons. The molecule has 2 rings (SSSR count). The van der Waals surface area contributed by atoms with Crippen molar-refractivity contribution in [2.75, 3.05) is 19.0 Å². The second-order valence-electron chi connectivity index (χ2n) is 3.77. The van der Waals surface area contributed by atoms with Gasteiger partial charge in [-0.3, -0.25) is 4.98 Å². The Morgan fingerprint density at radius 1 is 1.24 bits per heavy atom. The van der Waals surface area contributed by atoms with Gasteiger partial charge >= 0.3 is 0 Å². The van der Waals surface area contributed by atoms with Crippen LogP contribution in [0.1, 0.15) is 0 Å². The van der Waals surface area contributed by atoms with Crippen molar-refractivity contribution in [2.45, 2.75) is 0 Å². The van der Waals surface area contributed by atoms with Gasteiger partial charge < -0.3 is 4.90 Å². The minimum Gasteiger partial charge on any atom is -0.378 e. The van der Waals surface area contributed by atoms with Crippen LogP contribution < -0.4 is 4.90 Å². The zero-order valence-electron chi connectivity index (χ0n) is 9.48. The smallest absolute Gasteiger partial charge is 0.223 e. The molecule has 0 aliphatic carbocycles. The number of aromatic nitrogens is 2. The highest BCUT2D eigenvalue weighted by molar-refractivity contribution is 6.29. The Kier molecular flexibility index (Phi) is 3.24. The van der Waals surface area contributed by atoms with E-state index in [9.17, 15) is 4.39 Å². The Hall–Kier alpha value is -1.68. The van der Waals surface area contributed by atoms with Gasteiger partial charge in [0.05, 0.1) is 11.3 Å². The molecule has 2 aromatic rings. The predicted molar refractivity (Wildman–Crippen MR) is 66.8 cm³/mol. The molecule has 2 heterocycles. The number of hydrogen-bond acceptors (Lipinski definition) is 3. The van der Waals surface area contributed by atoms with Crippen LogP contribution in [-0.2, 0) is 0 Å².